The van der Waals surface area contributed by atoms with Crippen molar-refractivity contribution in [1.29, 1.82) is 0 Å². The van der Waals surface area contributed by atoms with E-state index in [2.05, 4.69) is 20.7 Å². The summed E-state index contributed by atoms with van der Waals surface area (Å²) in [6.45, 7) is 4.62. The number of hydrogen-bond donors (Lipinski definition) is 3. The average Bonchev–Trinajstić information content (AvgIpc) is 2.43. The van der Waals surface area contributed by atoms with Crippen molar-refractivity contribution in [2.24, 2.45) is 5.84 Å². The molecule has 0 aliphatic carbocycles. The molecule has 0 radical (unpaired) electrons. The third-order valence-electron chi connectivity index (χ3n) is 2.74. The summed E-state index contributed by atoms with van der Waals surface area (Å²) in [5, 5.41) is 2.59. The molecule has 0 spiro atoms. The van der Waals surface area contributed by atoms with Crippen LogP contribution in [-0.4, -0.2) is 36.5 Å². The van der Waals surface area contributed by atoms with Gasteiger partial charge in [-0.1, -0.05) is 13.8 Å². The Labute approximate surface area is 113 Å². The molecule has 0 unspecified atom stereocenters. The Kier molecular flexibility index (Phi) is 5.50. The number of nitrogens with two attached hydrogens (primary N) is 1. The zero-order chi connectivity index (χ0) is 14.4. The summed E-state index contributed by atoms with van der Waals surface area (Å²) in [5.74, 6) is 7.65. The van der Waals surface area contributed by atoms with Gasteiger partial charge in [-0.15, -0.1) is 0 Å². The minimum absolute atomic E-state index is 0.00200. The van der Waals surface area contributed by atoms with Gasteiger partial charge >= 0.3 is 0 Å². The van der Waals surface area contributed by atoms with Crippen LogP contribution in [0.4, 0.5) is 11.6 Å². The molecule has 1 aromatic rings. The minimum Gasteiger partial charge on any atom is -0.359 e. The molecule has 4 N–H and O–H groups in total. The van der Waals surface area contributed by atoms with Crippen LogP contribution in [0, 0.1) is 0 Å². The Balaban J connectivity index is 2.86. The average molecular weight is 266 g/mol. The van der Waals surface area contributed by atoms with E-state index in [0.29, 0.717) is 18.8 Å². The predicted octanol–water partition coefficient (Wildman–Crippen LogP) is 0.458. The van der Waals surface area contributed by atoms with E-state index in [0.717, 1.165) is 11.6 Å². The number of anilines is 2. The third kappa shape index (κ3) is 4.36. The maximum absolute atomic E-state index is 11.2. The highest BCUT2D eigenvalue weighted by molar-refractivity contribution is 5.76. The van der Waals surface area contributed by atoms with E-state index in [1.807, 2.05) is 25.8 Å². The smallest absolute Gasteiger partial charge is 0.221 e. The molecule has 0 atom stereocenters. The van der Waals surface area contributed by atoms with Gasteiger partial charge in [0.25, 0.3) is 0 Å². The number of rotatable bonds is 6. The van der Waals surface area contributed by atoms with Gasteiger partial charge < -0.3 is 15.6 Å². The van der Waals surface area contributed by atoms with E-state index in [9.17, 15) is 4.79 Å². The molecule has 0 fully saturated rings. The Morgan fingerprint density at radius 3 is 2.68 bits per heavy atom. The quantitative estimate of drug-likeness (QED) is 0.511. The van der Waals surface area contributed by atoms with Gasteiger partial charge in [-0.25, -0.2) is 15.8 Å². The molecule has 1 amide bonds. The molecule has 0 saturated heterocycles. The van der Waals surface area contributed by atoms with E-state index in [-0.39, 0.29) is 11.8 Å². The van der Waals surface area contributed by atoms with Gasteiger partial charge in [0.2, 0.25) is 5.91 Å². The summed E-state index contributed by atoms with van der Waals surface area (Å²) in [7, 11) is 3.51. The standard InChI is InChI=1S/C12H22N6O/c1-8(2)12-15-9(17-13)7-10(16-12)18(4)6-5-11(19)14-3/h7-8H,5-6,13H2,1-4H3,(H,14,19)(H,15,16,17). The molecule has 7 heteroatoms. The van der Waals surface area contributed by atoms with Gasteiger partial charge in [-0.2, -0.15) is 0 Å². The van der Waals surface area contributed by atoms with Crippen molar-refractivity contribution in [3.05, 3.63) is 11.9 Å². The number of hydrogen-bond acceptors (Lipinski definition) is 6. The second-order valence-corrected chi connectivity index (χ2v) is 4.61. The van der Waals surface area contributed by atoms with E-state index < -0.39 is 0 Å². The first-order valence-corrected chi connectivity index (χ1v) is 6.25. The minimum atomic E-state index is 0.00200. The second kappa shape index (κ2) is 6.89. The molecule has 0 aliphatic heterocycles. The molecule has 1 aromatic heterocycles. The highest BCUT2D eigenvalue weighted by Gasteiger charge is 2.11. The van der Waals surface area contributed by atoms with Gasteiger partial charge in [-0.3, -0.25) is 4.79 Å². The van der Waals surface area contributed by atoms with Gasteiger partial charge in [0.05, 0.1) is 0 Å². The second-order valence-electron chi connectivity index (χ2n) is 4.61. The molecule has 7 nitrogen and oxygen atoms in total. The zero-order valence-electron chi connectivity index (χ0n) is 11.9. The van der Waals surface area contributed by atoms with Crippen LogP contribution in [-0.2, 0) is 4.79 Å². The Morgan fingerprint density at radius 1 is 1.47 bits per heavy atom. The Bertz CT molecular complexity index is 434. The summed E-state index contributed by atoms with van der Waals surface area (Å²) < 4.78 is 0. The normalized spacial score (nSPS) is 10.4. The molecular weight excluding hydrogens is 244 g/mol. The van der Waals surface area contributed by atoms with Crippen molar-refractivity contribution in [3.63, 3.8) is 0 Å². The summed E-state index contributed by atoms with van der Waals surface area (Å²) >= 11 is 0. The summed E-state index contributed by atoms with van der Waals surface area (Å²) in [6.07, 6.45) is 0.416. The maximum atomic E-state index is 11.2. The van der Waals surface area contributed by atoms with E-state index in [1.165, 1.54) is 0 Å². The van der Waals surface area contributed by atoms with Crippen LogP contribution in [0.2, 0.25) is 0 Å². The lowest BCUT2D eigenvalue weighted by atomic mass is 10.2. The SMILES string of the molecule is CNC(=O)CCN(C)c1cc(NN)nc(C(C)C)n1. The first kappa shape index (κ1) is 15.2. The van der Waals surface area contributed by atoms with Crippen LogP contribution in [0.1, 0.15) is 32.0 Å². The van der Waals surface area contributed by atoms with Crippen LogP contribution in [0.3, 0.4) is 0 Å². The van der Waals surface area contributed by atoms with E-state index >= 15 is 0 Å². The first-order chi connectivity index (χ1) is 8.97. The zero-order valence-corrected chi connectivity index (χ0v) is 11.9. The molecule has 1 heterocycles. The summed E-state index contributed by atoms with van der Waals surface area (Å²) in [4.78, 5) is 21.9. The lowest BCUT2D eigenvalue weighted by molar-refractivity contribution is -0.120. The molecule has 0 bridgehead atoms. The van der Waals surface area contributed by atoms with Gasteiger partial charge in [-0.05, 0) is 0 Å². The molecular formula is C12H22N6O. The highest BCUT2D eigenvalue weighted by atomic mass is 16.1. The number of aromatic nitrogens is 2. The van der Waals surface area contributed by atoms with E-state index in [1.54, 1.807) is 13.1 Å². The largest absolute Gasteiger partial charge is 0.359 e. The van der Waals surface area contributed by atoms with Crippen LogP contribution in [0.15, 0.2) is 6.07 Å². The van der Waals surface area contributed by atoms with Crippen molar-refractivity contribution in [1.82, 2.24) is 15.3 Å². The van der Waals surface area contributed by atoms with Crippen LogP contribution < -0.4 is 21.5 Å². The molecule has 0 aliphatic rings. The highest BCUT2D eigenvalue weighted by Crippen LogP contribution is 2.18. The third-order valence-corrected chi connectivity index (χ3v) is 2.74. The predicted molar refractivity (Wildman–Crippen MR) is 75.9 cm³/mol. The monoisotopic (exact) mass is 266 g/mol. The number of nitrogens with one attached hydrogen (secondary N) is 2. The van der Waals surface area contributed by atoms with Gasteiger partial charge in [0.15, 0.2) is 0 Å². The van der Waals surface area contributed by atoms with Crippen molar-refractivity contribution >= 4 is 17.5 Å². The Hall–Kier alpha value is -1.89. The number of amides is 1. The van der Waals surface area contributed by atoms with Gasteiger partial charge in [0.1, 0.15) is 17.5 Å². The number of nitrogen functional groups attached to an aromatic ring is 1. The Morgan fingerprint density at radius 2 is 2.16 bits per heavy atom. The van der Waals surface area contributed by atoms with Gasteiger partial charge in [0, 0.05) is 39.0 Å². The fraction of sp³-hybridized carbons (Fsp3) is 0.583. The molecule has 0 aromatic carbocycles. The number of carbonyl (C=O) groups excluding carboxylic acids is 1. The summed E-state index contributed by atoms with van der Waals surface area (Å²) in [6, 6.07) is 1.76. The first-order valence-electron chi connectivity index (χ1n) is 6.25. The molecule has 1 rings (SSSR count). The van der Waals surface area contributed by atoms with E-state index in [4.69, 9.17) is 5.84 Å². The van der Waals surface area contributed by atoms with Crippen molar-refractivity contribution in [3.8, 4) is 0 Å². The van der Waals surface area contributed by atoms with Crippen molar-refractivity contribution in [2.75, 3.05) is 31.0 Å². The lowest BCUT2D eigenvalue weighted by Gasteiger charge is -2.19. The number of hydrazine groups is 1. The number of nitrogens with zero attached hydrogens (tertiary/aromatic N) is 3. The maximum Gasteiger partial charge on any atom is 0.221 e. The molecule has 0 saturated carbocycles. The molecule has 106 valence electrons. The van der Waals surface area contributed by atoms with Crippen LogP contribution in [0.5, 0.6) is 0 Å². The topological polar surface area (TPSA) is 96.2 Å². The fourth-order valence-electron chi connectivity index (χ4n) is 1.49. The van der Waals surface area contributed by atoms with Crippen LogP contribution in [0.25, 0.3) is 0 Å². The molecule has 19 heavy (non-hydrogen) atoms. The summed E-state index contributed by atoms with van der Waals surface area (Å²) in [5.41, 5.74) is 2.54. The lowest BCUT2D eigenvalue weighted by Crippen LogP contribution is -2.27. The van der Waals surface area contributed by atoms with Crippen molar-refractivity contribution in [2.45, 2.75) is 26.2 Å². The van der Waals surface area contributed by atoms with Crippen LogP contribution >= 0.6 is 0 Å². The number of carbonyl (C=O) groups is 1. The fourth-order valence-corrected chi connectivity index (χ4v) is 1.49. The van der Waals surface area contributed by atoms with Crippen molar-refractivity contribution < 1.29 is 4.79 Å².